The van der Waals surface area contributed by atoms with Crippen LogP contribution < -0.4 is 36.6 Å². The van der Waals surface area contributed by atoms with E-state index >= 15 is 38.4 Å². The van der Waals surface area contributed by atoms with Crippen molar-refractivity contribution < 1.29 is 76.9 Å². The smallest absolute Gasteiger partial charge is 0.254 e. The zero-order chi connectivity index (χ0) is 81.4. The minimum absolute atomic E-state index is 0.0269. The molecule has 0 aromatic heterocycles. The molecule has 0 aliphatic carbocycles. The monoisotopic (exact) mass is 1510 g/mol. The van der Waals surface area contributed by atoms with E-state index in [9.17, 15) is 29.1 Å². The number of methoxy groups -OCH3 is 1. The van der Waals surface area contributed by atoms with Gasteiger partial charge in [-0.2, -0.15) is 0 Å². The average molecular weight is 1510 g/mol. The number of nitrogens with zero attached hydrogens (tertiary/aromatic N) is 7. The number of aliphatic hydroxyl groups is 1. The Labute approximate surface area is 640 Å². The van der Waals surface area contributed by atoms with Gasteiger partial charge in [0.1, 0.15) is 66.2 Å². The summed E-state index contributed by atoms with van der Waals surface area (Å²) in [5.41, 5.74) is 0.264. The van der Waals surface area contributed by atoms with Crippen molar-refractivity contribution in [2.75, 3.05) is 82.2 Å². The SMILES string of the molecule is CCCCN1CC(=O)N(C)[C@@H](CC(C)C)C(=O)N[C@@H](COC(C)(C)C)C(=O)N(C)C([C@@H](C)CC)C(=O)N(C)[C@@H](CC(C)C)C(=O)N[C@H](C(=O)N2CCCCC2)CC(=O)N[C@H](C)C(=O)N(C)[C@@H](Cc2ccccc2)C(=O)N[C@@H](Cc2ccc(C(=O)NC)c(OC)c2)C(=O)N(C)[C@@H](CC(C)C)C(=O)N[C@@H]([C@@H](C)O)C1=O. The zero-order valence-corrected chi connectivity index (χ0v) is 68.0. The molecule has 4 rings (SSSR count). The van der Waals surface area contributed by atoms with Crippen LogP contribution in [0.2, 0.25) is 0 Å². The van der Waals surface area contributed by atoms with Crippen molar-refractivity contribution in [2.24, 2.45) is 23.7 Å². The Balaban J connectivity index is 2.05. The summed E-state index contributed by atoms with van der Waals surface area (Å²) in [7, 11) is 9.74. The number of hydrogen-bond donors (Lipinski definition) is 7. The number of hydrogen-bond acceptors (Lipinski definition) is 16. The summed E-state index contributed by atoms with van der Waals surface area (Å²) in [6.07, 6.45) is 0.794. The summed E-state index contributed by atoms with van der Waals surface area (Å²) >= 11 is 0. The molecule has 12 atom stereocenters. The molecule has 1 unspecified atom stereocenters. The number of ether oxygens (including phenoxy) is 2. The highest BCUT2D eigenvalue weighted by molar-refractivity contribution is 6.01. The molecule has 0 spiro atoms. The van der Waals surface area contributed by atoms with Crippen LogP contribution in [0.25, 0.3) is 0 Å². The first-order valence-corrected chi connectivity index (χ1v) is 38.3. The van der Waals surface area contributed by atoms with Gasteiger partial charge in [-0.05, 0) is 126 Å². The molecular weight excluding hydrogens is 1390 g/mol. The molecule has 604 valence electrons. The van der Waals surface area contributed by atoms with E-state index in [1.165, 1.54) is 95.0 Å². The molecule has 2 heterocycles. The van der Waals surface area contributed by atoms with Crippen LogP contribution in [0.4, 0.5) is 0 Å². The van der Waals surface area contributed by atoms with E-state index in [0.29, 0.717) is 56.3 Å². The Morgan fingerprint density at radius 3 is 1.65 bits per heavy atom. The number of amides is 13. The molecule has 2 aliphatic heterocycles. The number of carbonyl (C=O) groups is 13. The van der Waals surface area contributed by atoms with Gasteiger partial charge in [0, 0.05) is 74.8 Å². The third-order valence-corrected chi connectivity index (χ3v) is 20.0. The van der Waals surface area contributed by atoms with E-state index in [1.54, 1.807) is 82.8 Å². The largest absolute Gasteiger partial charge is 0.496 e. The quantitative estimate of drug-likeness (QED) is 0.0933. The summed E-state index contributed by atoms with van der Waals surface area (Å²) in [5, 5.41) is 28.1. The molecule has 7 N–H and O–H groups in total. The number of carbonyl (C=O) groups excluding carboxylic acids is 13. The molecule has 2 fully saturated rings. The fourth-order valence-corrected chi connectivity index (χ4v) is 13.4. The second-order valence-electron chi connectivity index (χ2n) is 31.4. The molecule has 2 aliphatic rings. The normalized spacial score (nSPS) is 24.3. The first-order valence-electron chi connectivity index (χ1n) is 38.3. The van der Waals surface area contributed by atoms with Crippen LogP contribution in [-0.2, 0) is 75.1 Å². The maximum Gasteiger partial charge on any atom is 0.254 e. The lowest BCUT2D eigenvalue weighted by Gasteiger charge is -2.39. The lowest BCUT2D eigenvalue weighted by molar-refractivity contribution is -0.153. The van der Waals surface area contributed by atoms with Crippen LogP contribution in [0.15, 0.2) is 48.5 Å². The molecular formula is C79H127N13O16. The molecule has 0 bridgehead atoms. The maximum absolute atomic E-state index is 15.6. The highest BCUT2D eigenvalue weighted by atomic mass is 16.5. The third kappa shape index (κ3) is 26.5. The van der Waals surface area contributed by atoms with Gasteiger partial charge >= 0.3 is 0 Å². The number of unbranched alkanes of at least 4 members (excludes halogenated alkanes) is 1. The van der Waals surface area contributed by atoms with Gasteiger partial charge in [0.15, 0.2) is 0 Å². The van der Waals surface area contributed by atoms with Crippen molar-refractivity contribution in [3.8, 4) is 5.75 Å². The Hall–Kier alpha value is -8.73. The number of likely N-dealkylation sites (N-methyl/N-ethyl adjacent to an activating group) is 5. The Morgan fingerprint density at radius 1 is 0.602 bits per heavy atom. The molecule has 2 aromatic carbocycles. The van der Waals surface area contributed by atoms with Crippen molar-refractivity contribution in [2.45, 2.75) is 246 Å². The number of piperidine rings is 1. The second kappa shape index (κ2) is 42.9. The number of nitrogens with one attached hydrogen (secondary N) is 6. The molecule has 0 radical (unpaired) electrons. The Kier molecular flexibility index (Phi) is 36.4. The van der Waals surface area contributed by atoms with E-state index in [4.69, 9.17) is 9.47 Å². The van der Waals surface area contributed by atoms with E-state index in [1.807, 2.05) is 41.5 Å². The number of aliphatic hydroxyl groups excluding tert-OH is 1. The van der Waals surface area contributed by atoms with Crippen LogP contribution in [-0.4, -0.2) is 271 Å². The van der Waals surface area contributed by atoms with Gasteiger partial charge in [0.2, 0.25) is 70.9 Å². The van der Waals surface area contributed by atoms with Crippen LogP contribution in [0, 0.1) is 23.7 Å². The first-order chi connectivity index (χ1) is 50.6. The van der Waals surface area contributed by atoms with E-state index in [-0.39, 0.29) is 67.7 Å². The lowest BCUT2D eigenvalue weighted by atomic mass is 9.94. The van der Waals surface area contributed by atoms with Gasteiger partial charge in [-0.25, -0.2) is 0 Å². The van der Waals surface area contributed by atoms with Crippen molar-refractivity contribution >= 4 is 76.8 Å². The van der Waals surface area contributed by atoms with Crippen LogP contribution in [0.3, 0.4) is 0 Å². The van der Waals surface area contributed by atoms with Crippen LogP contribution >= 0.6 is 0 Å². The fourth-order valence-electron chi connectivity index (χ4n) is 13.4. The average Bonchev–Trinajstić information content (AvgIpc) is 0.812. The molecule has 2 aromatic rings. The molecule has 2 saturated heterocycles. The maximum atomic E-state index is 15.6. The minimum atomic E-state index is -1.72. The predicted molar refractivity (Wildman–Crippen MR) is 410 cm³/mol. The van der Waals surface area contributed by atoms with E-state index in [2.05, 4.69) is 31.9 Å². The lowest BCUT2D eigenvalue weighted by Crippen LogP contribution is -2.62. The third-order valence-electron chi connectivity index (χ3n) is 20.0. The second-order valence-corrected chi connectivity index (χ2v) is 31.4. The van der Waals surface area contributed by atoms with E-state index in [0.717, 1.165) is 16.2 Å². The van der Waals surface area contributed by atoms with Crippen LogP contribution in [0.1, 0.15) is 183 Å². The first kappa shape index (κ1) is 91.7. The van der Waals surface area contributed by atoms with Crippen molar-refractivity contribution in [3.63, 3.8) is 0 Å². The van der Waals surface area contributed by atoms with Gasteiger partial charge in [-0.15, -0.1) is 0 Å². The highest BCUT2D eigenvalue weighted by Crippen LogP contribution is 2.26. The van der Waals surface area contributed by atoms with Crippen LogP contribution in [0.5, 0.6) is 5.75 Å². The molecule has 0 saturated carbocycles. The number of benzene rings is 2. The highest BCUT2D eigenvalue weighted by Gasteiger charge is 2.45. The molecule has 108 heavy (non-hydrogen) atoms. The van der Waals surface area contributed by atoms with Gasteiger partial charge < -0.3 is 80.8 Å². The van der Waals surface area contributed by atoms with E-state index < -0.39 is 174 Å². The van der Waals surface area contributed by atoms with Gasteiger partial charge in [-0.1, -0.05) is 112 Å². The van der Waals surface area contributed by atoms with Gasteiger partial charge in [-0.3, -0.25) is 62.3 Å². The fraction of sp³-hybridized carbons (Fsp3) is 0.684. The minimum Gasteiger partial charge on any atom is -0.496 e. The van der Waals surface area contributed by atoms with Crippen molar-refractivity contribution in [3.05, 3.63) is 65.2 Å². The summed E-state index contributed by atoms with van der Waals surface area (Å²) in [5.74, 6) is -11.0. The van der Waals surface area contributed by atoms with Gasteiger partial charge in [0.05, 0.1) is 44.0 Å². The topological polar surface area (TPSA) is 355 Å². The molecule has 29 nitrogen and oxygen atoms in total. The standard InChI is InChI=1S/C79H127N13O16/c1-22-24-35-92-45-65(95)86(16)59(38-47(3)4)69(97)84-58(46-108-79(12,13)14)75(103)90(20)67(50(9)23-2)78(106)89(19)60(39-48(5)6)70(98)83-57(76(104)91-36-29-26-30-37-91)44-64(94)81-51(10)73(101)87(17)62(42-53-31-27-25-28-32-53)71(99)82-56(41-54-33-34-55(68(96)80-15)63(43-54)107-21)74(102)88(18)61(40-49(7)8)72(100)85-66(52(11)93)77(92)105/h25,27-28,31-34,43,47-52,56-62,66-67,93H,22-24,26,29-30,35-42,44-46H2,1-21H3,(H,80,96)(H,81,94)(H,82,99)(H,83,98)(H,84,97)(H,85,100)/t50-,51+,52+,56-,57-,58-,59-,60-,61-,62-,66-,67?/m0/s1. The zero-order valence-electron chi connectivity index (χ0n) is 68.0. The summed E-state index contributed by atoms with van der Waals surface area (Å²) in [6.45, 7) is 24.0. The van der Waals surface area contributed by atoms with Crippen molar-refractivity contribution in [1.29, 1.82) is 0 Å². The number of rotatable bonds is 21. The summed E-state index contributed by atoms with van der Waals surface area (Å²) in [4.78, 5) is 203. The molecule has 29 heteroatoms. The van der Waals surface area contributed by atoms with Gasteiger partial charge in [0.25, 0.3) is 5.91 Å². The summed E-state index contributed by atoms with van der Waals surface area (Å²) < 4.78 is 11.8. The van der Waals surface area contributed by atoms with Crippen molar-refractivity contribution in [1.82, 2.24) is 66.2 Å². The Morgan fingerprint density at radius 2 is 1.12 bits per heavy atom. The molecule has 13 amide bonds. The number of likely N-dealkylation sites (tertiary alicyclic amines) is 1. The Bertz CT molecular complexity index is 3390. The summed E-state index contributed by atoms with van der Waals surface area (Å²) in [6, 6.07) is -1.07. The predicted octanol–water partition coefficient (Wildman–Crippen LogP) is 3.84.